The van der Waals surface area contributed by atoms with Gasteiger partial charge in [-0.1, -0.05) is 29.8 Å². The molecule has 2 aromatic rings. The van der Waals surface area contributed by atoms with E-state index in [0.717, 1.165) is 5.56 Å². The Morgan fingerprint density at radius 1 is 1.14 bits per heavy atom. The largest absolute Gasteiger partial charge is 0.471 e. The number of hydrogen-bond acceptors (Lipinski definition) is 3. The number of benzene rings is 2. The lowest BCUT2D eigenvalue weighted by molar-refractivity contribution is -0.186. The third-order valence-corrected chi connectivity index (χ3v) is 6.02. The van der Waals surface area contributed by atoms with Crippen LogP contribution in [0.25, 0.3) is 0 Å². The predicted molar refractivity (Wildman–Crippen MR) is 97.1 cm³/mol. The SMILES string of the molecule is O=C(N1CCc2ccc(S(=O)(=O)NCc3cccc(Cl)c3)cc2C1)C(F)(F)F. The fourth-order valence-electron chi connectivity index (χ4n) is 2.96. The summed E-state index contributed by atoms with van der Waals surface area (Å²) in [4.78, 5) is 12.1. The Labute approximate surface area is 165 Å². The summed E-state index contributed by atoms with van der Waals surface area (Å²) in [7, 11) is -3.89. The Hall–Kier alpha value is -2.10. The molecular weight excluding hydrogens is 417 g/mol. The van der Waals surface area contributed by atoms with Crippen LogP contribution in [0.3, 0.4) is 0 Å². The van der Waals surface area contributed by atoms with E-state index >= 15 is 0 Å². The summed E-state index contributed by atoms with van der Waals surface area (Å²) in [5, 5.41) is 0.472. The summed E-state index contributed by atoms with van der Waals surface area (Å²) in [5.74, 6) is -1.93. The Bertz CT molecular complexity index is 1010. The zero-order chi connectivity index (χ0) is 20.5. The molecule has 1 heterocycles. The Morgan fingerprint density at radius 3 is 2.57 bits per heavy atom. The number of nitrogens with one attached hydrogen (secondary N) is 1. The van der Waals surface area contributed by atoms with Crippen LogP contribution in [0, 0.1) is 0 Å². The van der Waals surface area contributed by atoms with Gasteiger partial charge in [0.1, 0.15) is 0 Å². The normalized spacial score (nSPS) is 14.6. The van der Waals surface area contributed by atoms with Crippen LogP contribution >= 0.6 is 11.6 Å². The summed E-state index contributed by atoms with van der Waals surface area (Å²) >= 11 is 5.87. The number of hydrogen-bond donors (Lipinski definition) is 1. The first-order valence-corrected chi connectivity index (χ1v) is 10.1. The second-order valence-corrected chi connectivity index (χ2v) is 8.56. The van der Waals surface area contributed by atoms with Crippen LogP contribution in [0.2, 0.25) is 5.02 Å². The first-order chi connectivity index (χ1) is 13.1. The van der Waals surface area contributed by atoms with Gasteiger partial charge in [-0.3, -0.25) is 4.79 Å². The molecule has 3 rings (SSSR count). The first-order valence-electron chi connectivity index (χ1n) is 8.28. The van der Waals surface area contributed by atoms with Gasteiger partial charge in [0, 0.05) is 24.7 Å². The van der Waals surface area contributed by atoms with Gasteiger partial charge in [0.15, 0.2) is 0 Å². The van der Waals surface area contributed by atoms with E-state index in [1.807, 2.05) is 0 Å². The summed E-state index contributed by atoms with van der Waals surface area (Å²) in [6.07, 6.45) is -4.73. The summed E-state index contributed by atoms with van der Waals surface area (Å²) < 4.78 is 65.5. The molecule has 0 aromatic heterocycles. The van der Waals surface area contributed by atoms with Crippen molar-refractivity contribution in [2.24, 2.45) is 0 Å². The minimum absolute atomic E-state index is 0.0126. The van der Waals surface area contributed by atoms with E-state index in [0.29, 0.717) is 21.0 Å². The molecule has 0 radical (unpaired) electrons. The van der Waals surface area contributed by atoms with Gasteiger partial charge in [-0.15, -0.1) is 0 Å². The average Bonchev–Trinajstić information content (AvgIpc) is 2.64. The van der Waals surface area contributed by atoms with E-state index in [2.05, 4.69) is 4.72 Å². The van der Waals surface area contributed by atoms with Gasteiger partial charge >= 0.3 is 12.1 Å². The Balaban J connectivity index is 1.78. The number of carbonyl (C=O) groups is 1. The molecule has 10 heteroatoms. The maximum Gasteiger partial charge on any atom is 0.471 e. The van der Waals surface area contributed by atoms with Gasteiger partial charge in [-0.2, -0.15) is 13.2 Å². The Kier molecular flexibility index (Phi) is 5.69. The molecule has 5 nitrogen and oxygen atoms in total. The molecule has 1 N–H and O–H groups in total. The molecule has 0 aliphatic carbocycles. The van der Waals surface area contributed by atoms with Crippen LogP contribution in [0.5, 0.6) is 0 Å². The van der Waals surface area contributed by atoms with Crippen molar-refractivity contribution in [3.8, 4) is 0 Å². The molecule has 28 heavy (non-hydrogen) atoms. The van der Waals surface area contributed by atoms with Gasteiger partial charge in [-0.25, -0.2) is 13.1 Å². The van der Waals surface area contributed by atoms with E-state index < -0.39 is 22.1 Å². The topological polar surface area (TPSA) is 66.5 Å². The molecule has 0 saturated heterocycles. The molecule has 0 atom stereocenters. The third-order valence-electron chi connectivity index (χ3n) is 4.39. The van der Waals surface area contributed by atoms with Crippen LogP contribution in [0.4, 0.5) is 13.2 Å². The molecule has 1 aliphatic heterocycles. The molecule has 2 aromatic carbocycles. The zero-order valence-corrected chi connectivity index (χ0v) is 16.0. The number of halogens is 4. The zero-order valence-electron chi connectivity index (χ0n) is 14.5. The highest BCUT2D eigenvalue weighted by atomic mass is 35.5. The van der Waals surface area contributed by atoms with E-state index in [4.69, 9.17) is 11.6 Å². The molecular formula is C18H16ClF3N2O3S. The van der Waals surface area contributed by atoms with Gasteiger partial charge in [0.05, 0.1) is 4.90 Å². The van der Waals surface area contributed by atoms with Gasteiger partial charge in [0.2, 0.25) is 10.0 Å². The van der Waals surface area contributed by atoms with E-state index in [-0.39, 0.29) is 31.0 Å². The van der Waals surface area contributed by atoms with Gasteiger partial charge in [-0.05, 0) is 47.4 Å². The van der Waals surface area contributed by atoms with E-state index in [9.17, 15) is 26.4 Å². The summed E-state index contributed by atoms with van der Waals surface area (Å²) in [6, 6.07) is 11.0. The van der Waals surface area contributed by atoms with Gasteiger partial charge in [0.25, 0.3) is 0 Å². The molecule has 0 saturated carbocycles. The fraction of sp³-hybridized carbons (Fsp3) is 0.278. The van der Waals surface area contributed by atoms with Crippen molar-refractivity contribution in [1.29, 1.82) is 0 Å². The highest BCUT2D eigenvalue weighted by molar-refractivity contribution is 7.89. The van der Waals surface area contributed by atoms with Crippen LogP contribution in [-0.4, -0.2) is 31.9 Å². The van der Waals surface area contributed by atoms with Gasteiger partial charge < -0.3 is 4.90 Å². The van der Waals surface area contributed by atoms with Crippen molar-refractivity contribution >= 4 is 27.5 Å². The van der Waals surface area contributed by atoms with Crippen LogP contribution < -0.4 is 4.72 Å². The number of rotatable bonds is 4. The van der Waals surface area contributed by atoms with Crippen molar-refractivity contribution < 1.29 is 26.4 Å². The lowest BCUT2D eigenvalue weighted by Crippen LogP contribution is -2.43. The van der Waals surface area contributed by atoms with Crippen molar-refractivity contribution in [3.05, 3.63) is 64.2 Å². The Morgan fingerprint density at radius 2 is 1.89 bits per heavy atom. The second kappa shape index (κ2) is 7.73. The first kappa shape index (κ1) is 20.6. The number of sulfonamides is 1. The minimum Gasteiger partial charge on any atom is -0.330 e. The van der Waals surface area contributed by atoms with Crippen LogP contribution in [0.1, 0.15) is 16.7 Å². The number of fused-ring (bicyclic) bond motifs is 1. The minimum atomic E-state index is -4.96. The standard InChI is InChI=1S/C18H16ClF3N2O3S/c19-15-3-1-2-12(8-15)10-23-28(26,27)16-5-4-13-6-7-24(11-14(13)9-16)17(25)18(20,21)22/h1-5,8-9,23H,6-7,10-11H2. The highest BCUT2D eigenvalue weighted by Crippen LogP contribution is 2.26. The average molecular weight is 433 g/mol. The van der Waals surface area contributed by atoms with Crippen LogP contribution in [-0.2, 0) is 34.3 Å². The number of amides is 1. The van der Waals surface area contributed by atoms with Crippen molar-refractivity contribution in [1.82, 2.24) is 9.62 Å². The monoisotopic (exact) mass is 432 g/mol. The molecule has 0 spiro atoms. The maximum atomic E-state index is 12.7. The molecule has 150 valence electrons. The van der Waals surface area contributed by atoms with Crippen LogP contribution in [0.15, 0.2) is 47.4 Å². The van der Waals surface area contributed by atoms with E-state index in [1.54, 1.807) is 30.3 Å². The third kappa shape index (κ3) is 4.65. The van der Waals surface area contributed by atoms with Crippen molar-refractivity contribution in [2.75, 3.05) is 6.54 Å². The summed E-state index contributed by atoms with van der Waals surface area (Å²) in [5.41, 5.74) is 1.77. The lowest BCUT2D eigenvalue weighted by Gasteiger charge is -2.29. The second-order valence-electron chi connectivity index (χ2n) is 6.36. The fourth-order valence-corrected chi connectivity index (χ4v) is 4.24. The number of carbonyl (C=O) groups excluding carboxylic acids is 1. The maximum absolute atomic E-state index is 12.7. The number of alkyl halides is 3. The quantitative estimate of drug-likeness (QED) is 0.806. The molecule has 1 aliphatic rings. The predicted octanol–water partition coefficient (Wildman–Crippen LogP) is 3.27. The van der Waals surface area contributed by atoms with Crippen molar-refractivity contribution in [3.63, 3.8) is 0 Å². The lowest BCUT2D eigenvalue weighted by atomic mass is 10.00. The molecule has 0 unspecified atom stereocenters. The molecule has 0 bridgehead atoms. The molecule has 0 fully saturated rings. The summed E-state index contributed by atoms with van der Waals surface area (Å²) in [6.45, 7) is -0.339. The molecule has 1 amide bonds. The van der Waals surface area contributed by atoms with E-state index in [1.165, 1.54) is 12.1 Å². The van der Waals surface area contributed by atoms with Crippen molar-refractivity contribution in [2.45, 2.75) is 30.6 Å². The highest BCUT2D eigenvalue weighted by Gasteiger charge is 2.43. The smallest absolute Gasteiger partial charge is 0.330 e. The number of nitrogens with zero attached hydrogens (tertiary/aromatic N) is 1.